The van der Waals surface area contributed by atoms with Gasteiger partial charge in [-0.3, -0.25) is 14.4 Å². The number of hydrogen-bond acceptors (Lipinski definition) is 6. The van der Waals surface area contributed by atoms with E-state index in [-0.39, 0.29) is 25.0 Å². The molecule has 0 bridgehead atoms. The first-order chi connectivity index (χ1) is 15.7. The number of carbonyl (C=O) groups is 4. The van der Waals surface area contributed by atoms with Crippen molar-refractivity contribution in [3.8, 4) is 0 Å². The number of nitrogens with two attached hydrogens (primary N) is 1. The maximum atomic E-state index is 13.5. The Morgan fingerprint density at radius 1 is 1.15 bits per heavy atom. The van der Waals surface area contributed by atoms with Crippen LogP contribution in [0.15, 0.2) is 30.3 Å². The minimum atomic E-state index is -1.36. The van der Waals surface area contributed by atoms with Crippen LogP contribution in [-0.2, 0) is 30.4 Å². The molecule has 2 aliphatic rings. The van der Waals surface area contributed by atoms with Crippen molar-refractivity contribution >= 4 is 23.9 Å². The zero-order valence-electron chi connectivity index (χ0n) is 19.5. The van der Waals surface area contributed by atoms with Crippen molar-refractivity contribution in [1.82, 2.24) is 9.80 Å². The molecule has 0 aliphatic carbocycles. The molecule has 33 heavy (non-hydrogen) atoms. The van der Waals surface area contributed by atoms with Crippen molar-refractivity contribution < 1.29 is 28.7 Å². The Labute approximate surface area is 194 Å². The number of ether oxygens (including phenoxy) is 2. The Hall–Kier alpha value is -3.10. The summed E-state index contributed by atoms with van der Waals surface area (Å²) in [6.07, 6.45) is -1.30. The second-order valence-corrected chi connectivity index (χ2v) is 9.08. The Balaban J connectivity index is 1.97. The molecule has 0 unspecified atom stereocenters. The summed E-state index contributed by atoms with van der Waals surface area (Å²) in [5.74, 6) is -1.82. The van der Waals surface area contributed by atoms with Crippen LogP contribution < -0.4 is 5.73 Å². The standard InChI is InChI=1S/C24H33N3O6/c1-4-32-22(30)19-20(33-23(25)31)21(29)27(15-17-8-6-5-7-9-17)24(19)10-12-26(13-11-24)18(28)14-16(2)3/h5-9,16,19-20H,4,10-15H2,1-3H3,(H2,25,31)/t19-,20+/m0/s1. The maximum Gasteiger partial charge on any atom is 0.405 e. The lowest BCUT2D eigenvalue weighted by Gasteiger charge is -2.47. The van der Waals surface area contributed by atoms with Crippen molar-refractivity contribution in [2.45, 2.75) is 58.2 Å². The molecule has 2 aliphatic heterocycles. The Morgan fingerprint density at radius 2 is 1.79 bits per heavy atom. The third-order valence-corrected chi connectivity index (χ3v) is 6.46. The normalized spacial score (nSPS) is 22.0. The van der Waals surface area contributed by atoms with E-state index < -0.39 is 35.5 Å². The monoisotopic (exact) mass is 459 g/mol. The molecular formula is C24H33N3O6. The molecule has 1 spiro atoms. The number of carbonyl (C=O) groups excluding carboxylic acids is 4. The zero-order chi connectivity index (χ0) is 24.2. The van der Waals surface area contributed by atoms with Gasteiger partial charge in [-0.05, 0) is 31.2 Å². The molecule has 2 heterocycles. The summed E-state index contributed by atoms with van der Waals surface area (Å²) >= 11 is 0. The zero-order valence-corrected chi connectivity index (χ0v) is 19.5. The van der Waals surface area contributed by atoms with E-state index in [9.17, 15) is 19.2 Å². The topological polar surface area (TPSA) is 119 Å². The fourth-order valence-corrected chi connectivity index (χ4v) is 4.99. The molecule has 1 aromatic carbocycles. The van der Waals surface area contributed by atoms with Gasteiger partial charge in [-0.1, -0.05) is 44.2 Å². The van der Waals surface area contributed by atoms with E-state index in [1.54, 1.807) is 16.7 Å². The summed E-state index contributed by atoms with van der Waals surface area (Å²) in [7, 11) is 0. The van der Waals surface area contributed by atoms with Crippen LogP contribution in [0.3, 0.4) is 0 Å². The van der Waals surface area contributed by atoms with E-state index in [1.165, 1.54) is 0 Å². The van der Waals surface area contributed by atoms with Gasteiger partial charge in [0.15, 0.2) is 6.10 Å². The highest BCUT2D eigenvalue weighted by molar-refractivity contribution is 5.94. The number of amides is 3. The Kier molecular flexibility index (Phi) is 7.61. The second kappa shape index (κ2) is 10.2. The van der Waals surface area contributed by atoms with Crippen LogP contribution in [0.4, 0.5) is 4.79 Å². The van der Waals surface area contributed by atoms with Gasteiger partial charge in [-0.2, -0.15) is 0 Å². The van der Waals surface area contributed by atoms with Gasteiger partial charge < -0.3 is 25.0 Å². The molecule has 0 radical (unpaired) electrons. The number of likely N-dealkylation sites (tertiary alicyclic amines) is 2. The Bertz CT molecular complexity index is 879. The van der Waals surface area contributed by atoms with Gasteiger partial charge in [-0.25, -0.2) is 4.79 Å². The molecule has 3 amide bonds. The van der Waals surface area contributed by atoms with Crippen molar-refractivity contribution in [2.24, 2.45) is 17.6 Å². The third-order valence-electron chi connectivity index (χ3n) is 6.46. The number of rotatable bonds is 7. The molecule has 1 aromatic rings. The van der Waals surface area contributed by atoms with E-state index in [0.29, 0.717) is 32.4 Å². The first kappa shape index (κ1) is 24.5. The molecule has 2 saturated heterocycles. The summed E-state index contributed by atoms with van der Waals surface area (Å²) < 4.78 is 10.5. The molecular weight excluding hydrogens is 426 g/mol. The number of hydrogen-bond donors (Lipinski definition) is 1. The lowest BCUT2D eigenvalue weighted by Crippen LogP contribution is -2.58. The molecule has 0 aromatic heterocycles. The first-order valence-electron chi connectivity index (χ1n) is 11.5. The summed E-state index contributed by atoms with van der Waals surface area (Å²) in [6.45, 7) is 6.81. The van der Waals surface area contributed by atoms with Crippen molar-refractivity contribution in [1.29, 1.82) is 0 Å². The van der Waals surface area contributed by atoms with Crippen molar-refractivity contribution in [3.63, 3.8) is 0 Å². The van der Waals surface area contributed by atoms with Crippen LogP contribution in [0.5, 0.6) is 0 Å². The van der Waals surface area contributed by atoms with Crippen LogP contribution in [-0.4, -0.2) is 65.0 Å². The lowest BCUT2D eigenvalue weighted by molar-refractivity contribution is -0.156. The largest absolute Gasteiger partial charge is 0.466 e. The SMILES string of the molecule is CCOC(=O)[C@@H]1[C@@H](OC(N)=O)C(=O)N(Cc2ccccc2)C12CCN(C(=O)CC(C)C)CC2. The minimum absolute atomic E-state index is 0.0522. The van der Waals surface area contributed by atoms with Crippen LogP contribution in [0, 0.1) is 11.8 Å². The highest BCUT2D eigenvalue weighted by Crippen LogP contribution is 2.46. The van der Waals surface area contributed by atoms with Crippen LogP contribution in [0.2, 0.25) is 0 Å². The van der Waals surface area contributed by atoms with Crippen molar-refractivity contribution in [2.75, 3.05) is 19.7 Å². The average Bonchev–Trinajstić information content (AvgIpc) is 2.96. The van der Waals surface area contributed by atoms with Gasteiger partial charge in [0.1, 0.15) is 5.92 Å². The smallest absolute Gasteiger partial charge is 0.405 e. The number of benzene rings is 1. The summed E-state index contributed by atoms with van der Waals surface area (Å²) in [4.78, 5) is 54.3. The van der Waals surface area contributed by atoms with E-state index in [0.717, 1.165) is 5.56 Å². The number of nitrogens with zero attached hydrogens (tertiary/aromatic N) is 2. The molecule has 0 saturated carbocycles. The number of esters is 1. The molecule has 9 heteroatoms. The predicted molar refractivity (Wildman–Crippen MR) is 120 cm³/mol. The number of piperidine rings is 1. The van der Waals surface area contributed by atoms with Crippen LogP contribution >= 0.6 is 0 Å². The molecule has 3 rings (SSSR count). The van der Waals surface area contributed by atoms with Crippen molar-refractivity contribution in [3.05, 3.63) is 35.9 Å². The third kappa shape index (κ3) is 5.12. The predicted octanol–water partition coefficient (Wildman–Crippen LogP) is 2.08. The van der Waals surface area contributed by atoms with Gasteiger partial charge >= 0.3 is 12.1 Å². The fraction of sp³-hybridized carbons (Fsp3) is 0.583. The van der Waals surface area contributed by atoms with E-state index in [4.69, 9.17) is 15.2 Å². The molecule has 2 fully saturated rings. The fourth-order valence-electron chi connectivity index (χ4n) is 4.99. The maximum absolute atomic E-state index is 13.5. The Morgan fingerprint density at radius 3 is 2.33 bits per heavy atom. The summed E-state index contributed by atoms with van der Waals surface area (Å²) in [5.41, 5.74) is 5.19. The summed E-state index contributed by atoms with van der Waals surface area (Å²) in [5, 5.41) is 0. The highest BCUT2D eigenvalue weighted by Gasteiger charge is 2.64. The molecule has 9 nitrogen and oxygen atoms in total. The minimum Gasteiger partial charge on any atom is -0.466 e. The summed E-state index contributed by atoms with van der Waals surface area (Å²) in [6, 6.07) is 9.41. The van der Waals surface area contributed by atoms with Crippen LogP contribution in [0.1, 0.15) is 45.6 Å². The second-order valence-electron chi connectivity index (χ2n) is 9.08. The van der Waals surface area contributed by atoms with E-state index >= 15 is 0 Å². The lowest BCUT2D eigenvalue weighted by atomic mass is 9.75. The molecule has 2 N–H and O–H groups in total. The average molecular weight is 460 g/mol. The highest BCUT2D eigenvalue weighted by atomic mass is 16.6. The van der Waals surface area contributed by atoms with Gasteiger partial charge in [-0.15, -0.1) is 0 Å². The van der Waals surface area contributed by atoms with Gasteiger partial charge in [0.25, 0.3) is 5.91 Å². The van der Waals surface area contributed by atoms with Gasteiger partial charge in [0.05, 0.1) is 12.1 Å². The van der Waals surface area contributed by atoms with Gasteiger partial charge in [0.2, 0.25) is 5.91 Å². The van der Waals surface area contributed by atoms with E-state index in [2.05, 4.69) is 0 Å². The van der Waals surface area contributed by atoms with E-state index in [1.807, 2.05) is 44.2 Å². The molecule has 180 valence electrons. The first-order valence-corrected chi connectivity index (χ1v) is 11.5. The molecule has 2 atom stereocenters. The number of primary amides is 1. The van der Waals surface area contributed by atoms with Crippen LogP contribution in [0.25, 0.3) is 0 Å². The quantitative estimate of drug-likeness (QED) is 0.624. The van der Waals surface area contributed by atoms with Gasteiger partial charge in [0, 0.05) is 26.1 Å².